The number of ether oxygens (including phenoxy) is 1. The summed E-state index contributed by atoms with van der Waals surface area (Å²) < 4.78 is 18.2. The molecule has 2 aromatic rings. The largest absolute Gasteiger partial charge is 0.481 e. The van der Waals surface area contributed by atoms with E-state index in [4.69, 9.17) is 25.5 Å². The second kappa shape index (κ2) is 21.8. The van der Waals surface area contributed by atoms with Gasteiger partial charge in [0, 0.05) is 0 Å². The molecule has 0 spiro atoms. The molecule has 64 heavy (non-hydrogen) atoms. The Kier molecular flexibility index (Phi) is 17.0. The lowest BCUT2D eigenvalue weighted by Crippen LogP contribution is -2.65. The van der Waals surface area contributed by atoms with Gasteiger partial charge in [-0.15, -0.1) is 0 Å². The average molecular weight is 890 g/mol. The zero-order valence-electron chi connectivity index (χ0n) is 38.2. The minimum atomic E-state index is -1.56. The van der Waals surface area contributed by atoms with Gasteiger partial charge in [-0.1, -0.05) is 63.6 Å². The molecule has 0 aromatic heterocycles. The Balaban J connectivity index is 1.14. The first-order chi connectivity index (χ1) is 30.3. The second-order valence-electron chi connectivity index (χ2n) is 18.5. The second-order valence-corrected chi connectivity index (χ2v) is 18.5. The van der Waals surface area contributed by atoms with Crippen LogP contribution in [0.1, 0.15) is 105 Å². The maximum absolute atomic E-state index is 13.6. The van der Waals surface area contributed by atoms with E-state index in [0.717, 1.165) is 43.2 Å². The van der Waals surface area contributed by atoms with Gasteiger partial charge in [-0.2, -0.15) is 0 Å². The number of nitrogens with two attached hydrogens (primary N) is 2. The predicted octanol–water partition coefficient (Wildman–Crippen LogP) is 2.78. The van der Waals surface area contributed by atoms with E-state index in [1.54, 1.807) is 19.1 Å². The van der Waals surface area contributed by atoms with Crippen molar-refractivity contribution in [3.63, 3.8) is 0 Å². The molecule has 1 heterocycles. The van der Waals surface area contributed by atoms with Gasteiger partial charge in [0.05, 0.1) is 30.2 Å². The fourth-order valence-electron chi connectivity index (χ4n) is 9.24. The highest BCUT2D eigenvalue weighted by molar-refractivity contribution is 6.47. The summed E-state index contributed by atoms with van der Waals surface area (Å²) in [5.41, 5.74) is 13.9. The van der Waals surface area contributed by atoms with Crippen molar-refractivity contribution in [2.75, 3.05) is 6.54 Å². The maximum atomic E-state index is 13.6. The third kappa shape index (κ3) is 12.2. The van der Waals surface area contributed by atoms with Crippen LogP contribution in [0.5, 0.6) is 5.75 Å². The van der Waals surface area contributed by atoms with Crippen LogP contribution in [0.25, 0.3) is 11.1 Å². The fraction of sp³-hybridized carbons (Fsp3) is 0.609. The molecule has 10 atom stereocenters. The van der Waals surface area contributed by atoms with Crippen molar-refractivity contribution in [2.24, 2.45) is 28.7 Å². The van der Waals surface area contributed by atoms with Crippen molar-refractivity contribution < 1.29 is 47.9 Å². The minimum Gasteiger partial charge on any atom is -0.410 e. The van der Waals surface area contributed by atoms with Crippen molar-refractivity contribution in [2.45, 2.75) is 154 Å². The lowest BCUT2D eigenvalue weighted by Gasteiger charge is -2.64. The van der Waals surface area contributed by atoms with E-state index >= 15 is 0 Å². The highest BCUT2D eigenvalue weighted by Crippen LogP contribution is 2.65. The van der Waals surface area contributed by atoms with E-state index in [9.17, 15) is 33.9 Å². The summed E-state index contributed by atoms with van der Waals surface area (Å²) in [5.74, 6) is -3.71. The van der Waals surface area contributed by atoms with Gasteiger partial charge in [-0.3, -0.25) is 24.0 Å². The number of rotatable bonds is 22. The number of aliphatic hydroxyl groups is 1. The molecule has 1 aliphatic heterocycles. The Morgan fingerprint density at radius 1 is 0.812 bits per heavy atom. The number of amides is 6. The quantitative estimate of drug-likeness (QED) is 0.0630. The molecule has 17 nitrogen and oxygen atoms in total. The number of hydrogen-bond donors (Lipinski definition) is 8. The van der Waals surface area contributed by atoms with E-state index in [2.05, 4.69) is 66.4 Å². The van der Waals surface area contributed by atoms with Crippen molar-refractivity contribution in [1.29, 1.82) is 0 Å². The van der Waals surface area contributed by atoms with Crippen molar-refractivity contribution in [1.82, 2.24) is 26.6 Å². The van der Waals surface area contributed by atoms with Crippen LogP contribution in [0.2, 0.25) is 0 Å². The van der Waals surface area contributed by atoms with E-state index < -0.39 is 91.0 Å². The van der Waals surface area contributed by atoms with Crippen molar-refractivity contribution in [3.8, 4) is 16.9 Å². The Hall–Kier alpha value is -5.04. The Bertz CT molecular complexity index is 1970. The molecule has 2 unspecified atom stereocenters. The van der Waals surface area contributed by atoms with Crippen LogP contribution in [0.4, 0.5) is 4.79 Å². The molecule has 3 saturated carbocycles. The summed E-state index contributed by atoms with van der Waals surface area (Å²) >= 11 is 0. The SMILES string of the molecule is CCCCc1ccc(-c2ccc(OC(=O)N[C@@H](CCCCN)C(=O)N[C@H](C(=O)N[C@@H](C)C(=O)N[C@@H](CC(N)=O)C(=O)N[C@@H](C)B3OC4C[C@@H]5C[C@@H](C5(C)C)[C@]4(C)O3)C(C)O)cc2)cc1. The van der Waals surface area contributed by atoms with Gasteiger partial charge in [-0.05, 0) is 125 Å². The Morgan fingerprint density at radius 2 is 1.45 bits per heavy atom. The molecule has 6 rings (SSSR count). The van der Waals surface area contributed by atoms with Crippen LogP contribution in [-0.2, 0) is 39.7 Å². The molecule has 2 aromatic carbocycles. The van der Waals surface area contributed by atoms with Gasteiger partial charge < -0.3 is 57.2 Å². The third-order valence-electron chi connectivity index (χ3n) is 13.3. The van der Waals surface area contributed by atoms with Crippen LogP contribution in [0.15, 0.2) is 48.5 Å². The summed E-state index contributed by atoms with van der Waals surface area (Å²) in [6.45, 7) is 13.4. The minimum absolute atomic E-state index is 0.121. The number of nitrogens with one attached hydrogen (secondary N) is 5. The highest BCUT2D eigenvalue weighted by Gasteiger charge is 2.68. The number of primary amides is 1. The summed E-state index contributed by atoms with van der Waals surface area (Å²) in [6.07, 6.45) is 3.28. The van der Waals surface area contributed by atoms with Crippen LogP contribution in [0, 0.1) is 17.3 Å². The van der Waals surface area contributed by atoms with Crippen LogP contribution in [-0.4, -0.2) is 102 Å². The Labute approximate surface area is 376 Å². The van der Waals surface area contributed by atoms with E-state index in [1.807, 2.05) is 24.3 Å². The molecule has 3 aliphatic carbocycles. The average Bonchev–Trinajstić information content (AvgIpc) is 3.62. The molecular weight excluding hydrogens is 821 g/mol. The van der Waals surface area contributed by atoms with Crippen molar-refractivity contribution in [3.05, 3.63) is 54.1 Å². The van der Waals surface area contributed by atoms with Crippen LogP contribution >= 0.6 is 0 Å². The van der Waals surface area contributed by atoms with Gasteiger partial charge in [0.1, 0.15) is 29.9 Å². The van der Waals surface area contributed by atoms with E-state index in [-0.39, 0.29) is 23.7 Å². The van der Waals surface area contributed by atoms with Crippen LogP contribution < -0.4 is 42.8 Å². The van der Waals surface area contributed by atoms with E-state index in [1.165, 1.54) is 19.4 Å². The maximum Gasteiger partial charge on any atom is 0.481 e. The zero-order chi connectivity index (χ0) is 46.9. The van der Waals surface area contributed by atoms with Gasteiger partial charge in [-0.25, -0.2) is 4.79 Å². The smallest absolute Gasteiger partial charge is 0.410 e. The number of hydrogen-bond acceptors (Lipinski definition) is 11. The third-order valence-corrected chi connectivity index (χ3v) is 13.3. The monoisotopic (exact) mass is 890 g/mol. The molecule has 1 saturated heterocycles. The summed E-state index contributed by atoms with van der Waals surface area (Å²) in [7, 11) is -0.757. The van der Waals surface area contributed by atoms with E-state index in [0.29, 0.717) is 31.2 Å². The molecule has 350 valence electrons. The van der Waals surface area contributed by atoms with Gasteiger partial charge >= 0.3 is 13.2 Å². The first-order valence-electron chi connectivity index (χ1n) is 22.7. The van der Waals surface area contributed by atoms with Gasteiger partial charge in [0.25, 0.3) is 0 Å². The highest BCUT2D eigenvalue weighted by atomic mass is 16.7. The summed E-state index contributed by atoms with van der Waals surface area (Å²) in [6, 6.07) is 9.77. The number of carbonyl (C=O) groups is 6. The molecule has 6 amide bonds. The number of benzene rings is 2. The van der Waals surface area contributed by atoms with Gasteiger partial charge in [0.2, 0.25) is 29.5 Å². The number of aryl methyl sites for hydroxylation is 1. The lowest BCUT2D eigenvalue weighted by molar-refractivity contribution is -0.199. The lowest BCUT2D eigenvalue weighted by atomic mass is 9.43. The molecule has 2 bridgehead atoms. The summed E-state index contributed by atoms with van der Waals surface area (Å²) in [4.78, 5) is 79.0. The molecule has 0 radical (unpaired) electrons. The first kappa shape index (κ1) is 50.0. The number of carbonyl (C=O) groups excluding carboxylic acids is 6. The molecule has 4 aliphatic rings. The predicted molar refractivity (Wildman–Crippen MR) is 241 cm³/mol. The number of aliphatic hydroxyl groups excluding tert-OH is 1. The Morgan fingerprint density at radius 3 is 2.05 bits per heavy atom. The normalized spacial score (nSPS) is 23.4. The molecule has 18 heteroatoms. The zero-order valence-corrected chi connectivity index (χ0v) is 38.2. The molecular formula is C46H68BN7O10. The standard InChI is InChI=1S/C46H68BN7O10/c1-8-9-12-29-14-16-30(17-15-29)31-18-20-33(21-19-31)62-44(61)53-34(13-10-11-22-48)41(58)54-39(27(3)55)43(60)50-26(2)40(57)52-35(25-38(49)56)42(59)51-28(4)47-63-37-24-32-23-36(45(32,5)6)46(37,7)64-47/h14-21,26-28,32,34-37,39,55H,8-13,22-25,48H2,1-7H3,(H2,49,56)(H,50,60)(H,51,59)(H,52,57)(H,53,61)(H,54,58)/t26-,27?,28-,32-,34-,35-,36-,37?,39-,46-/m0/s1. The first-order valence-corrected chi connectivity index (χ1v) is 22.7. The van der Waals surface area contributed by atoms with Crippen LogP contribution in [0.3, 0.4) is 0 Å². The summed E-state index contributed by atoms with van der Waals surface area (Å²) in [5, 5.41) is 23.3. The fourth-order valence-corrected chi connectivity index (χ4v) is 9.24. The van der Waals surface area contributed by atoms with Crippen molar-refractivity contribution >= 4 is 42.7 Å². The van der Waals surface area contributed by atoms with Gasteiger partial charge in [0.15, 0.2) is 0 Å². The number of unbranched alkanes of at least 4 members (excludes halogenated alkanes) is 2. The topological polar surface area (TPSA) is 263 Å². The molecule has 4 fully saturated rings. The molecule has 10 N–H and O–H groups in total.